The lowest BCUT2D eigenvalue weighted by molar-refractivity contribution is 0.0983. The molecule has 2 heterocycles. The monoisotopic (exact) mass is 385 g/mol. The molecule has 1 amide bonds. The average molecular weight is 386 g/mol. The first kappa shape index (κ1) is 20.3. The highest BCUT2D eigenvalue weighted by atomic mass is 16.6. The molecule has 0 radical (unpaired) electrons. The Morgan fingerprint density at radius 1 is 1.32 bits per heavy atom. The molecule has 3 rings (SSSR count). The van der Waals surface area contributed by atoms with E-state index in [9.17, 15) is 4.79 Å². The fraction of sp³-hybridized carbons (Fsp3) is 0.571. The van der Waals surface area contributed by atoms with Gasteiger partial charge in [0.1, 0.15) is 0 Å². The van der Waals surface area contributed by atoms with Gasteiger partial charge in [-0.1, -0.05) is 26.0 Å². The molecule has 1 fully saturated rings. The molecule has 7 heteroatoms. The van der Waals surface area contributed by atoms with E-state index in [1.807, 2.05) is 24.8 Å². The van der Waals surface area contributed by atoms with Gasteiger partial charge in [0.05, 0.1) is 18.2 Å². The van der Waals surface area contributed by atoms with Gasteiger partial charge in [-0.25, -0.2) is 10.2 Å². The van der Waals surface area contributed by atoms with E-state index in [1.54, 1.807) is 0 Å². The number of nitrogens with one attached hydrogen (secondary N) is 3. The van der Waals surface area contributed by atoms with Crippen LogP contribution in [0.15, 0.2) is 18.2 Å². The summed E-state index contributed by atoms with van der Waals surface area (Å²) in [6, 6.07) is 6.19. The van der Waals surface area contributed by atoms with Gasteiger partial charge in [-0.2, -0.15) is 0 Å². The van der Waals surface area contributed by atoms with Crippen LogP contribution in [0.2, 0.25) is 0 Å². The maximum atomic E-state index is 12.1. The molecule has 28 heavy (non-hydrogen) atoms. The summed E-state index contributed by atoms with van der Waals surface area (Å²) in [5.74, 6) is 0.537. The molecule has 0 bridgehead atoms. The zero-order chi connectivity index (χ0) is 20.1. The second-order valence-corrected chi connectivity index (χ2v) is 8.08. The maximum absolute atomic E-state index is 12.1. The Morgan fingerprint density at radius 2 is 2.11 bits per heavy atom. The summed E-state index contributed by atoms with van der Waals surface area (Å²) < 4.78 is 5.33. The Bertz CT molecular complexity index is 713. The van der Waals surface area contributed by atoms with E-state index >= 15 is 0 Å². The lowest BCUT2D eigenvalue weighted by atomic mass is 9.98. The third-order valence-electron chi connectivity index (χ3n) is 5.40. The number of carbonyl (C=O) groups is 1. The van der Waals surface area contributed by atoms with Crippen molar-refractivity contribution in [3.8, 4) is 0 Å². The molecule has 2 aliphatic heterocycles. The molecule has 3 N–H and O–H groups in total. The van der Waals surface area contributed by atoms with E-state index in [0.717, 1.165) is 44.6 Å². The minimum absolute atomic E-state index is 0.192. The summed E-state index contributed by atoms with van der Waals surface area (Å²) in [6.07, 6.45) is 4.36. The molecule has 1 atom stereocenters. The highest BCUT2D eigenvalue weighted by molar-refractivity contribution is 5.87. The Hall–Kier alpha value is -2.41. The van der Waals surface area contributed by atoms with Crippen LogP contribution < -0.4 is 10.4 Å². The van der Waals surface area contributed by atoms with Crippen molar-refractivity contribution in [1.29, 1.82) is 10.8 Å². The molecule has 7 nitrogen and oxygen atoms in total. The van der Waals surface area contributed by atoms with Crippen molar-refractivity contribution in [3.63, 3.8) is 0 Å². The fourth-order valence-electron chi connectivity index (χ4n) is 3.77. The molecule has 0 saturated carbocycles. The molecule has 1 aromatic rings. The summed E-state index contributed by atoms with van der Waals surface area (Å²) in [5, 5.41) is 17.1. The number of hydrazine groups is 1. The average Bonchev–Trinajstić information content (AvgIpc) is 3.32. The van der Waals surface area contributed by atoms with E-state index in [4.69, 9.17) is 15.6 Å². The van der Waals surface area contributed by atoms with Crippen LogP contribution in [-0.4, -0.2) is 56.2 Å². The van der Waals surface area contributed by atoms with Crippen LogP contribution in [0.1, 0.15) is 37.3 Å². The minimum Gasteiger partial charge on any atom is -0.449 e. The second kappa shape index (κ2) is 9.19. The molecule has 0 aliphatic carbocycles. The molecule has 1 aromatic carbocycles. The first-order chi connectivity index (χ1) is 13.5. The fourth-order valence-corrected chi connectivity index (χ4v) is 3.77. The first-order valence-corrected chi connectivity index (χ1v) is 10.1. The summed E-state index contributed by atoms with van der Waals surface area (Å²) in [5.41, 5.74) is 6.95. The van der Waals surface area contributed by atoms with E-state index in [1.165, 1.54) is 23.7 Å². The summed E-state index contributed by atoms with van der Waals surface area (Å²) in [7, 11) is 0. The molecule has 152 valence electrons. The smallest absolute Gasteiger partial charge is 0.409 e. The number of hydrogen-bond donors (Lipinski definition) is 3. The predicted octanol–water partition coefficient (Wildman–Crippen LogP) is 3.05. The van der Waals surface area contributed by atoms with Crippen LogP contribution in [0, 0.1) is 22.7 Å². The highest BCUT2D eigenvalue weighted by Crippen LogP contribution is 2.29. The van der Waals surface area contributed by atoms with Crippen LogP contribution in [0.5, 0.6) is 0 Å². The van der Waals surface area contributed by atoms with Crippen molar-refractivity contribution in [1.82, 2.24) is 10.3 Å². The van der Waals surface area contributed by atoms with Crippen LogP contribution >= 0.6 is 0 Å². The number of likely N-dealkylation sites (tertiary alicyclic amines) is 1. The Kier molecular flexibility index (Phi) is 6.67. The number of benzene rings is 1. The van der Waals surface area contributed by atoms with Crippen molar-refractivity contribution in [2.45, 2.75) is 32.6 Å². The van der Waals surface area contributed by atoms with Crippen molar-refractivity contribution < 1.29 is 9.53 Å². The van der Waals surface area contributed by atoms with Crippen LogP contribution in [-0.2, 0) is 11.2 Å². The molecule has 1 unspecified atom stereocenters. The maximum Gasteiger partial charge on any atom is 0.409 e. The number of amides is 1. The highest BCUT2D eigenvalue weighted by Gasteiger charge is 2.28. The van der Waals surface area contributed by atoms with Gasteiger partial charge in [0, 0.05) is 38.6 Å². The molecule has 2 aliphatic rings. The number of fused-ring (bicyclic) bond motifs is 1. The Morgan fingerprint density at radius 3 is 2.82 bits per heavy atom. The topological polar surface area (TPSA) is 92.5 Å². The van der Waals surface area contributed by atoms with Gasteiger partial charge >= 0.3 is 6.09 Å². The van der Waals surface area contributed by atoms with Gasteiger partial charge in [-0.3, -0.25) is 0 Å². The number of nitrogens with zero attached hydrogens (tertiary/aromatic N) is 2. The molecule has 0 aromatic heterocycles. The van der Waals surface area contributed by atoms with E-state index in [0.29, 0.717) is 18.4 Å². The van der Waals surface area contributed by atoms with Crippen LogP contribution in [0.25, 0.3) is 0 Å². The SMILES string of the molecule is CC(C)COC(=O)N1CCC(CNN2CCc3cc(C(C=N)C=N)ccc32)C1. The summed E-state index contributed by atoms with van der Waals surface area (Å²) in [4.78, 5) is 13.9. The Labute approximate surface area is 167 Å². The minimum atomic E-state index is -0.243. The first-order valence-electron chi connectivity index (χ1n) is 10.1. The second-order valence-electron chi connectivity index (χ2n) is 8.08. The van der Waals surface area contributed by atoms with Gasteiger partial charge in [0.2, 0.25) is 0 Å². The van der Waals surface area contributed by atoms with Gasteiger partial charge in [-0.15, -0.1) is 0 Å². The van der Waals surface area contributed by atoms with Crippen LogP contribution in [0.3, 0.4) is 0 Å². The van der Waals surface area contributed by atoms with Gasteiger partial charge in [0.25, 0.3) is 0 Å². The number of hydrogen-bond acceptors (Lipinski definition) is 6. The summed E-state index contributed by atoms with van der Waals surface area (Å²) >= 11 is 0. The van der Waals surface area contributed by atoms with Crippen molar-refractivity contribution in [2.24, 2.45) is 11.8 Å². The predicted molar refractivity (Wildman–Crippen MR) is 112 cm³/mol. The van der Waals surface area contributed by atoms with Crippen LogP contribution in [0.4, 0.5) is 10.5 Å². The largest absolute Gasteiger partial charge is 0.449 e. The van der Waals surface area contributed by atoms with Gasteiger partial charge in [-0.05, 0) is 41.9 Å². The number of ether oxygens (including phenoxy) is 1. The van der Waals surface area contributed by atoms with E-state index in [2.05, 4.69) is 22.6 Å². The molecular weight excluding hydrogens is 354 g/mol. The lowest BCUT2D eigenvalue weighted by Crippen LogP contribution is -2.40. The van der Waals surface area contributed by atoms with Gasteiger partial charge < -0.3 is 25.5 Å². The number of anilines is 1. The zero-order valence-corrected chi connectivity index (χ0v) is 16.8. The normalized spacial score (nSPS) is 19.6. The standard InChI is InChI=1S/C21H31N5O2/c1-15(2)14-28-21(27)25-7-5-16(13-25)12-24-26-8-6-18-9-17(3-4-20(18)26)19(10-22)11-23/h3-4,9-11,15-16,19,22-24H,5-8,12-14H2,1-2H3. The number of rotatable bonds is 8. The summed E-state index contributed by atoms with van der Waals surface area (Å²) in [6.45, 7) is 7.79. The zero-order valence-electron chi connectivity index (χ0n) is 16.8. The third-order valence-corrected chi connectivity index (χ3v) is 5.40. The van der Waals surface area contributed by atoms with Gasteiger partial charge in [0.15, 0.2) is 0 Å². The Balaban J connectivity index is 1.50. The van der Waals surface area contributed by atoms with E-state index in [-0.39, 0.29) is 12.0 Å². The molecule has 1 saturated heterocycles. The molecule has 0 spiro atoms. The van der Waals surface area contributed by atoms with Crippen molar-refractivity contribution in [3.05, 3.63) is 29.3 Å². The van der Waals surface area contributed by atoms with Crippen molar-refractivity contribution >= 4 is 24.2 Å². The lowest BCUT2D eigenvalue weighted by Gasteiger charge is -2.23. The number of carbonyl (C=O) groups excluding carboxylic acids is 1. The third kappa shape index (κ3) is 4.70. The van der Waals surface area contributed by atoms with E-state index < -0.39 is 0 Å². The molecular formula is C21H31N5O2. The quantitative estimate of drug-likeness (QED) is 0.600. The van der Waals surface area contributed by atoms with Crippen molar-refractivity contribution in [2.75, 3.05) is 37.8 Å².